The summed E-state index contributed by atoms with van der Waals surface area (Å²) >= 11 is 12.0. The second kappa shape index (κ2) is 7.55. The van der Waals surface area contributed by atoms with Crippen LogP contribution in [0.15, 0.2) is 59.2 Å². The Bertz CT molecular complexity index is 917. The fraction of sp³-hybridized carbons (Fsp3) is 0.0526. The molecule has 0 spiro atoms. The van der Waals surface area contributed by atoms with Crippen molar-refractivity contribution in [3.63, 3.8) is 0 Å². The predicted octanol–water partition coefficient (Wildman–Crippen LogP) is 5.01. The van der Waals surface area contributed by atoms with E-state index in [2.05, 4.69) is 4.99 Å². The highest BCUT2D eigenvalue weighted by Gasteiger charge is 2.21. The summed E-state index contributed by atoms with van der Waals surface area (Å²) in [5.41, 5.74) is 1.66. The van der Waals surface area contributed by atoms with Gasteiger partial charge in [-0.1, -0.05) is 47.5 Å². The summed E-state index contributed by atoms with van der Waals surface area (Å²) in [7, 11) is 1.59. The molecule has 0 unspecified atom stereocenters. The quantitative estimate of drug-likeness (QED) is 0.558. The first-order valence-electron chi connectivity index (χ1n) is 7.35. The third kappa shape index (κ3) is 4.10. The number of carbonyl (C=O) groups excluding carboxylic acids is 1. The molecule has 4 nitrogen and oxygen atoms in total. The Morgan fingerprint density at radius 3 is 2.64 bits per heavy atom. The Balaban J connectivity index is 1.85. The number of cyclic esters (lactones) is 1. The number of benzene rings is 2. The Kier molecular flexibility index (Phi) is 5.22. The number of aliphatic imine (C=N–C) groups is 1. The van der Waals surface area contributed by atoms with E-state index < -0.39 is 5.97 Å². The van der Waals surface area contributed by atoms with E-state index in [0.717, 1.165) is 5.56 Å². The van der Waals surface area contributed by atoms with Gasteiger partial charge in [0, 0.05) is 21.7 Å². The maximum Gasteiger partial charge on any atom is 0.363 e. The fourth-order valence-corrected chi connectivity index (χ4v) is 2.69. The third-order valence-corrected chi connectivity index (χ3v) is 4.00. The van der Waals surface area contributed by atoms with Crippen LogP contribution < -0.4 is 4.74 Å². The highest BCUT2D eigenvalue weighted by atomic mass is 35.5. The molecule has 0 aliphatic carbocycles. The number of para-hydroxylation sites is 1. The van der Waals surface area contributed by atoms with Crippen LogP contribution in [0.25, 0.3) is 12.2 Å². The second-order valence-corrected chi connectivity index (χ2v) is 5.95. The average molecular weight is 374 g/mol. The lowest BCUT2D eigenvalue weighted by atomic mass is 10.2. The van der Waals surface area contributed by atoms with Gasteiger partial charge in [0.15, 0.2) is 5.70 Å². The predicted molar refractivity (Wildman–Crippen MR) is 100.0 cm³/mol. The molecule has 25 heavy (non-hydrogen) atoms. The van der Waals surface area contributed by atoms with Crippen LogP contribution in [0.4, 0.5) is 0 Å². The van der Waals surface area contributed by atoms with Crippen molar-refractivity contribution in [2.75, 3.05) is 7.11 Å². The number of hydrogen-bond donors (Lipinski definition) is 0. The first-order chi connectivity index (χ1) is 12.1. The van der Waals surface area contributed by atoms with Crippen LogP contribution in [0.1, 0.15) is 11.1 Å². The number of halogens is 2. The number of hydrogen-bond acceptors (Lipinski definition) is 4. The molecule has 0 N–H and O–H groups in total. The van der Waals surface area contributed by atoms with Gasteiger partial charge in [-0.2, -0.15) is 0 Å². The van der Waals surface area contributed by atoms with Gasteiger partial charge in [0.2, 0.25) is 5.90 Å². The van der Waals surface area contributed by atoms with E-state index in [1.807, 2.05) is 24.3 Å². The lowest BCUT2D eigenvalue weighted by molar-refractivity contribution is -0.129. The van der Waals surface area contributed by atoms with E-state index in [4.69, 9.17) is 32.7 Å². The fourth-order valence-electron chi connectivity index (χ4n) is 2.23. The van der Waals surface area contributed by atoms with Crippen LogP contribution in [0, 0.1) is 0 Å². The van der Waals surface area contributed by atoms with Gasteiger partial charge < -0.3 is 9.47 Å². The largest absolute Gasteiger partial charge is 0.496 e. The van der Waals surface area contributed by atoms with Crippen molar-refractivity contribution in [2.45, 2.75) is 0 Å². The van der Waals surface area contributed by atoms with Crippen molar-refractivity contribution < 1.29 is 14.3 Å². The van der Waals surface area contributed by atoms with Crippen molar-refractivity contribution in [1.29, 1.82) is 0 Å². The molecule has 1 heterocycles. The molecule has 0 aromatic heterocycles. The van der Waals surface area contributed by atoms with Crippen LogP contribution in [0.5, 0.6) is 5.75 Å². The smallest absolute Gasteiger partial charge is 0.363 e. The summed E-state index contributed by atoms with van der Waals surface area (Å²) in [5.74, 6) is 0.380. The van der Waals surface area contributed by atoms with Gasteiger partial charge in [-0.25, -0.2) is 9.79 Å². The van der Waals surface area contributed by atoms with Gasteiger partial charge in [0.25, 0.3) is 0 Å². The second-order valence-electron chi connectivity index (χ2n) is 5.11. The van der Waals surface area contributed by atoms with Crippen LogP contribution in [0.3, 0.4) is 0 Å². The Morgan fingerprint density at radius 2 is 1.88 bits per heavy atom. The number of nitrogens with zero attached hydrogens (tertiary/aromatic N) is 1. The van der Waals surface area contributed by atoms with Crippen LogP contribution in [0.2, 0.25) is 10.0 Å². The molecule has 3 rings (SSSR count). The molecule has 6 heteroatoms. The minimum absolute atomic E-state index is 0.170. The molecule has 2 aromatic rings. The first kappa shape index (κ1) is 17.3. The summed E-state index contributed by atoms with van der Waals surface area (Å²) in [4.78, 5) is 16.2. The molecule has 0 fully saturated rings. The standard InChI is InChI=1S/C19H13Cl2NO3/c1-24-17-5-3-2-4-12(17)7-9-18-22-16(19(23)25-18)10-13-6-8-14(20)11-15(13)21/h2-11H,1H3/b9-7+,16-10+. The molecule has 0 radical (unpaired) electrons. The van der Waals surface area contributed by atoms with Crippen LogP contribution >= 0.6 is 23.2 Å². The van der Waals surface area contributed by atoms with Crippen molar-refractivity contribution >= 4 is 47.2 Å². The normalized spacial score (nSPS) is 15.6. The summed E-state index contributed by atoms with van der Waals surface area (Å²) in [6, 6.07) is 12.5. The summed E-state index contributed by atoms with van der Waals surface area (Å²) in [6.45, 7) is 0. The van der Waals surface area contributed by atoms with Crippen molar-refractivity contribution in [3.8, 4) is 5.75 Å². The molecule has 0 saturated carbocycles. The zero-order chi connectivity index (χ0) is 17.8. The minimum atomic E-state index is -0.536. The lowest BCUT2D eigenvalue weighted by Gasteiger charge is -2.02. The van der Waals surface area contributed by atoms with Crippen LogP contribution in [-0.4, -0.2) is 19.0 Å². The van der Waals surface area contributed by atoms with E-state index in [1.165, 1.54) is 0 Å². The monoisotopic (exact) mass is 373 g/mol. The molecular weight excluding hydrogens is 361 g/mol. The topological polar surface area (TPSA) is 47.9 Å². The zero-order valence-electron chi connectivity index (χ0n) is 13.2. The highest BCUT2D eigenvalue weighted by Crippen LogP contribution is 2.25. The number of methoxy groups -OCH3 is 1. The van der Waals surface area contributed by atoms with Gasteiger partial charge in [-0.05, 0) is 35.9 Å². The van der Waals surface area contributed by atoms with Crippen molar-refractivity contribution in [2.24, 2.45) is 4.99 Å². The van der Waals surface area contributed by atoms with E-state index in [9.17, 15) is 4.79 Å². The lowest BCUT2D eigenvalue weighted by Crippen LogP contribution is -2.01. The van der Waals surface area contributed by atoms with E-state index in [0.29, 0.717) is 21.4 Å². The minimum Gasteiger partial charge on any atom is -0.496 e. The van der Waals surface area contributed by atoms with E-state index in [-0.39, 0.29) is 11.6 Å². The maximum atomic E-state index is 12.0. The van der Waals surface area contributed by atoms with Gasteiger partial charge in [-0.15, -0.1) is 0 Å². The van der Waals surface area contributed by atoms with E-state index in [1.54, 1.807) is 43.5 Å². The summed E-state index contributed by atoms with van der Waals surface area (Å²) in [6.07, 6.45) is 4.94. The number of esters is 1. The number of carbonyl (C=O) groups is 1. The molecule has 1 aliphatic heterocycles. The number of ether oxygens (including phenoxy) is 2. The molecule has 0 saturated heterocycles. The molecule has 126 valence electrons. The average Bonchev–Trinajstić information content (AvgIpc) is 2.95. The molecular formula is C19H13Cl2NO3. The SMILES string of the molecule is COc1ccccc1/C=C/C1=NC(=C/c2ccc(Cl)cc2Cl)/C(=O)O1. The molecule has 0 amide bonds. The Morgan fingerprint density at radius 1 is 1.08 bits per heavy atom. The zero-order valence-corrected chi connectivity index (χ0v) is 14.7. The van der Waals surface area contributed by atoms with Gasteiger partial charge in [-0.3, -0.25) is 0 Å². The molecule has 1 aliphatic rings. The molecule has 2 aromatic carbocycles. The summed E-state index contributed by atoms with van der Waals surface area (Å²) < 4.78 is 10.4. The van der Waals surface area contributed by atoms with Gasteiger partial charge >= 0.3 is 5.97 Å². The van der Waals surface area contributed by atoms with E-state index >= 15 is 0 Å². The van der Waals surface area contributed by atoms with Crippen LogP contribution in [-0.2, 0) is 9.53 Å². The van der Waals surface area contributed by atoms with Crippen molar-refractivity contribution in [1.82, 2.24) is 0 Å². The Labute approximate surface area is 155 Å². The number of rotatable bonds is 4. The molecule has 0 bridgehead atoms. The maximum absolute atomic E-state index is 12.0. The molecule has 0 atom stereocenters. The van der Waals surface area contributed by atoms with Crippen molar-refractivity contribution in [3.05, 3.63) is 75.4 Å². The van der Waals surface area contributed by atoms with Gasteiger partial charge in [0.05, 0.1) is 7.11 Å². The van der Waals surface area contributed by atoms with Gasteiger partial charge in [0.1, 0.15) is 5.75 Å². The summed E-state index contributed by atoms with van der Waals surface area (Å²) in [5, 5.41) is 0.950. The third-order valence-electron chi connectivity index (χ3n) is 3.44. The first-order valence-corrected chi connectivity index (χ1v) is 8.11. The highest BCUT2D eigenvalue weighted by molar-refractivity contribution is 6.35. The Hall–Kier alpha value is -2.56.